The van der Waals surface area contributed by atoms with Crippen LogP contribution in [0.4, 0.5) is 0 Å². The lowest BCUT2D eigenvalue weighted by atomic mass is 9.80. The molecule has 2 saturated heterocycles. The molecular weight excluding hydrogens is 280 g/mol. The monoisotopic (exact) mass is 318 g/mol. The van der Waals surface area contributed by atoms with E-state index in [0.717, 1.165) is 23.9 Å². The summed E-state index contributed by atoms with van der Waals surface area (Å²) in [6.45, 7) is 18.9. The Morgan fingerprint density at radius 2 is 1.52 bits per heavy atom. The van der Waals surface area contributed by atoms with E-state index in [4.69, 9.17) is 0 Å². The maximum Gasteiger partial charge on any atom is 0.0180 e. The van der Waals surface area contributed by atoms with Crippen molar-refractivity contribution in [3.63, 3.8) is 0 Å². The van der Waals surface area contributed by atoms with E-state index in [1.165, 1.54) is 51.7 Å². The van der Waals surface area contributed by atoms with E-state index in [-0.39, 0.29) is 0 Å². The summed E-state index contributed by atoms with van der Waals surface area (Å²) in [6.07, 6.45) is 7.42. The van der Waals surface area contributed by atoms with Crippen molar-refractivity contribution in [2.75, 3.05) is 19.6 Å². The zero-order valence-electron chi connectivity index (χ0n) is 16.4. The van der Waals surface area contributed by atoms with Gasteiger partial charge in [0.05, 0.1) is 0 Å². The molecule has 2 heteroatoms. The highest BCUT2D eigenvalue weighted by Gasteiger charge is 2.68. The van der Waals surface area contributed by atoms with Gasteiger partial charge in [0.25, 0.3) is 0 Å². The minimum atomic E-state index is 0.308. The highest BCUT2D eigenvalue weighted by molar-refractivity contribution is 5.21. The van der Waals surface area contributed by atoms with Gasteiger partial charge in [-0.25, -0.2) is 0 Å². The minimum Gasteiger partial charge on any atom is -0.302 e. The Labute approximate surface area is 144 Å². The fraction of sp³-hybridized carbons (Fsp3) is 1.00. The molecule has 4 rings (SSSR count). The lowest BCUT2D eigenvalue weighted by Gasteiger charge is -2.45. The Hall–Kier alpha value is -0.0800. The van der Waals surface area contributed by atoms with E-state index in [0.29, 0.717) is 16.4 Å². The van der Waals surface area contributed by atoms with E-state index < -0.39 is 0 Å². The molecule has 2 saturated carbocycles. The van der Waals surface area contributed by atoms with Crippen LogP contribution in [0, 0.1) is 22.7 Å². The van der Waals surface area contributed by atoms with Gasteiger partial charge >= 0.3 is 0 Å². The lowest BCUT2D eigenvalue weighted by molar-refractivity contribution is 0.0362. The van der Waals surface area contributed by atoms with Gasteiger partial charge < -0.3 is 4.90 Å². The van der Waals surface area contributed by atoms with Crippen molar-refractivity contribution in [3.05, 3.63) is 0 Å². The third-order valence-corrected chi connectivity index (χ3v) is 7.53. The zero-order chi connectivity index (χ0) is 16.6. The van der Waals surface area contributed by atoms with Crippen LogP contribution in [0.2, 0.25) is 0 Å². The quantitative estimate of drug-likeness (QED) is 0.745. The molecule has 0 radical (unpaired) electrons. The van der Waals surface area contributed by atoms with Gasteiger partial charge in [0.1, 0.15) is 0 Å². The summed E-state index contributed by atoms with van der Waals surface area (Å²) in [5.74, 6) is 2.09. The van der Waals surface area contributed by atoms with Crippen molar-refractivity contribution in [2.45, 2.75) is 91.3 Å². The van der Waals surface area contributed by atoms with Gasteiger partial charge in [0.15, 0.2) is 0 Å². The number of piperidine rings is 1. The highest BCUT2D eigenvalue weighted by atomic mass is 15.3. The number of fused-ring (bicyclic) bond motifs is 2. The van der Waals surface area contributed by atoms with Crippen molar-refractivity contribution in [1.82, 2.24) is 9.80 Å². The van der Waals surface area contributed by atoms with Crippen LogP contribution in [0.15, 0.2) is 0 Å². The summed E-state index contributed by atoms with van der Waals surface area (Å²) in [6, 6.07) is 1.61. The Morgan fingerprint density at radius 3 is 2.00 bits per heavy atom. The fourth-order valence-corrected chi connectivity index (χ4v) is 6.44. The molecule has 0 aromatic carbocycles. The summed E-state index contributed by atoms with van der Waals surface area (Å²) < 4.78 is 0. The lowest BCUT2D eigenvalue weighted by Crippen LogP contribution is -2.51. The van der Waals surface area contributed by atoms with Gasteiger partial charge in [0, 0.05) is 42.7 Å². The van der Waals surface area contributed by atoms with Crippen molar-refractivity contribution in [1.29, 1.82) is 0 Å². The zero-order valence-corrected chi connectivity index (χ0v) is 16.4. The molecule has 0 aromatic rings. The Kier molecular flexibility index (Phi) is 3.54. The van der Waals surface area contributed by atoms with Crippen LogP contribution >= 0.6 is 0 Å². The average Bonchev–Trinajstić information content (AvgIpc) is 2.76. The van der Waals surface area contributed by atoms with E-state index in [1.807, 2.05) is 0 Å². The minimum absolute atomic E-state index is 0.308. The smallest absolute Gasteiger partial charge is 0.0180 e. The van der Waals surface area contributed by atoms with Gasteiger partial charge in [-0.1, -0.05) is 27.2 Å². The standard InChI is InChI=1S/C21H38N2/c1-19(2,3)17-10-21(11-18(21)23(17)20(4,5)6)14-22-12-15-8-7-9-16(15)13-22/h15-18H,7-14H2,1-6H3/t15-,16+,17-,18?,21-/m0/s1. The molecule has 4 aliphatic rings. The summed E-state index contributed by atoms with van der Waals surface area (Å²) in [4.78, 5) is 5.77. The Balaban J connectivity index is 1.48. The summed E-state index contributed by atoms with van der Waals surface area (Å²) >= 11 is 0. The molecule has 2 aliphatic heterocycles. The summed E-state index contributed by atoms with van der Waals surface area (Å²) in [5, 5.41) is 0. The van der Waals surface area contributed by atoms with Crippen LogP contribution in [0.25, 0.3) is 0 Å². The molecule has 5 atom stereocenters. The van der Waals surface area contributed by atoms with E-state index >= 15 is 0 Å². The SMILES string of the molecule is CC(C)(C)[C@@H]1C[C@@]2(CN3C[C@H]4CCC[C@H]4C3)CC2N1C(C)(C)C. The molecule has 132 valence electrons. The van der Waals surface area contributed by atoms with Crippen LogP contribution in [0.3, 0.4) is 0 Å². The maximum atomic E-state index is 2.91. The molecule has 0 amide bonds. The molecule has 0 aromatic heterocycles. The molecule has 23 heavy (non-hydrogen) atoms. The third kappa shape index (κ3) is 2.68. The second-order valence-electron chi connectivity index (χ2n) is 11.4. The number of likely N-dealkylation sites (tertiary alicyclic amines) is 2. The van der Waals surface area contributed by atoms with Crippen LogP contribution in [0.1, 0.15) is 73.6 Å². The van der Waals surface area contributed by atoms with Gasteiger partial charge in [0.2, 0.25) is 0 Å². The normalized spacial score (nSPS) is 44.6. The van der Waals surface area contributed by atoms with Crippen molar-refractivity contribution < 1.29 is 0 Å². The molecule has 4 fully saturated rings. The highest BCUT2D eigenvalue weighted by Crippen LogP contribution is 2.64. The number of rotatable bonds is 2. The first kappa shape index (κ1) is 16.4. The Morgan fingerprint density at radius 1 is 0.913 bits per heavy atom. The number of hydrogen-bond donors (Lipinski definition) is 0. The second-order valence-corrected chi connectivity index (χ2v) is 11.4. The van der Waals surface area contributed by atoms with Gasteiger partial charge in [-0.05, 0) is 63.7 Å². The molecule has 1 unspecified atom stereocenters. The predicted octanol–water partition coefficient (Wildman–Crippen LogP) is 4.40. The molecule has 2 aliphatic carbocycles. The third-order valence-electron chi connectivity index (χ3n) is 7.53. The first-order valence-electron chi connectivity index (χ1n) is 10.1. The maximum absolute atomic E-state index is 2.91. The average molecular weight is 319 g/mol. The molecule has 0 bridgehead atoms. The van der Waals surface area contributed by atoms with Crippen molar-refractivity contribution in [2.24, 2.45) is 22.7 Å². The van der Waals surface area contributed by atoms with Crippen LogP contribution < -0.4 is 0 Å². The van der Waals surface area contributed by atoms with Crippen molar-refractivity contribution in [3.8, 4) is 0 Å². The van der Waals surface area contributed by atoms with E-state index in [9.17, 15) is 0 Å². The largest absolute Gasteiger partial charge is 0.302 e. The van der Waals surface area contributed by atoms with Crippen LogP contribution in [0.5, 0.6) is 0 Å². The van der Waals surface area contributed by atoms with Gasteiger partial charge in [-0.15, -0.1) is 0 Å². The van der Waals surface area contributed by atoms with Crippen LogP contribution in [-0.2, 0) is 0 Å². The predicted molar refractivity (Wildman–Crippen MR) is 97.6 cm³/mol. The number of nitrogens with zero attached hydrogens (tertiary/aromatic N) is 2. The van der Waals surface area contributed by atoms with Crippen LogP contribution in [-0.4, -0.2) is 47.1 Å². The molecular formula is C21H38N2. The first-order chi connectivity index (χ1) is 10.6. The Bertz CT molecular complexity index is 459. The van der Waals surface area contributed by atoms with E-state index in [2.05, 4.69) is 51.3 Å². The van der Waals surface area contributed by atoms with E-state index in [1.54, 1.807) is 0 Å². The summed E-state index contributed by atoms with van der Waals surface area (Å²) in [7, 11) is 0. The summed E-state index contributed by atoms with van der Waals surface area (Å²) in [5.41, 5.74) is 1.33. The fourth-order valence-electron chi connectivity index (χ4n) is 6.44. The van der Waals surface area contributed by atoms with Gasteiger partial charge in [-0.2, -0.15) is 0 Å². The van der Waals surface area contributed by atoms with Gasteiger partial charge in [-0.3, -0.25) is 4.90 Å². The molecule has 2 heterocycles. The molecule has 2 nitrogen and oxygen atoms in total. The topological polar surface area (TPSA) is 6.48 Å². The molecule has 0 N–H and O–H groups in total. The first-order valence-corrected chi connectivity index (χ1v) is 10.1. The molecule has 0 spiro atoms. The second kappa shape index (κ2) is 4.97. The number of hydrogen-bond acceptors (Lipinski definition) is 2. The van der Waals surface area contributed by atoms with Crippen molar-refractivity contribution >= 4 is 0 Å².